The minimum absolute atomic E-state index is 0.0285. The van der Waals surface area contributed by atoms with Gasteiger partial charge in [0, 0.05) is 22.9 Å². The summed E-state index contributed by atoms with van der Waals surface area (Å²) in [5, 5.41) is 0. The van der Waals surface area contributed by atoms with Crippen molar-refractivity contribution in [1.82, 2.24) is 9.55 Å². The van der Waals surface area contributed by atoms with Gasteiger partial charge in [-0.2, -0.15) is 0 Å². The number of imidazole rings is 1. The van der Waals surface area contributed by atoms with E-state index in [0.717, 1.165) is 24.2 Å². The molecule has 1 heterocycles. The molecule has 0 atom stereocenters. The molecule has 2 nitrogen and oxygen atoms in total. The van der Waals surface area contributed by atoms with Crippen LogP contribution in [0, 0.1) is 0 Å². The maximum absolute atomic E-state index is 5.16. The summed E-state index contributed by atoms with van der Waals surface area (Å²) < 4.78 is 2.50. The number of rotatable bonds is 14. The van der Waals surface area contributed by atoms with E-state index in [9.17, 15) is 0 Å². The molecule has 6 rings (SSSR count). The molecule has 0 bridgehead atoms. The molecule has 0 amide bonds. The summed E-state index contributed by atoms with van der Waals surface area (Å²) in [5.41, 5.74) is 12.4. The van der Waals surface area contributed by atoms with Gasteiger partial charge in [-0.1, -0.05) is 163 Å². The molecule has 0 aliphatic heterocycles. The second kappa shape index (κ2) is 15.5. The number of aryl methyl sites for hydroxylation is 1. The highest BCUT2D eigenvalue weighted by Gasteiger charge is 2.28. The van der Waals surface area contributed by atoms with Crippen LogP contribution in [0.1, 0.15) is 83.9 Å². The third kappa shape index (κ3) is 7.55. The third-order valence-electron chi connectivity index (χ3n) is 9.75. The average Bonchev–Trinajstić information content (AvgIpc) is 3.60. The standard InChI is InChI=1S/C46H50N2/c1-5-7-9-13-24-37-27-28-39(42-31-40(35-20-14-10-15-21-35)30-41(32-42)36-22-16-11-17-23-36)33-43(37)48-44(46(3,4)29-8-6-2)34-47-45(48)38-25-18-12-19-26-38/h10-12,14-23,25-28,30-34H,5-9,13,24,29H2,1-4H3. The van der Waals surface area contributed by atoms with Crippen molar-refractivity contribution in [3.63, 3.8) is 0 Å². The van der Waals surface area contributed by atoms with E-state index < -0.39 is 0 Å². The summed E-state index contributed by atoms with van der Waals surface area (Å²) in [6.07, 6.45) is 11.6. The van der Waals surface area contributed by atoms with Crippen molar-refractivity contribution in [2.24, 2.45) is 0 Å². The van der Waals surface area contributed by atoms with E-state index in [2.05, 4.69) is 166 Å². The molecule has 0 aliphatic carbocycles. The molecule has 0 spiro atoms. The van der Waals surface area contributed by atoms with Gasteiger partial charge in [-0.15, -0.1) is 0 Å². The smallest absolute Gasteiger partial charge is 0.144 e. The number of nitrogens with zero attached hydrogens (tertiary/aromatic N) is 2. The average molecular weight is 631 g/mol. The highest BCUT2D eigenvalue weighted by Crippen LogP contribution is 2.39. The van der Waals surface area contributed by atoms with Crippen molar-refractivity contribution in [2.75, 3.05) is 0 Å². The van der Waals surface area contributed by atoms with Crippen LogP contribution in [0.4, 0.5) is 0 Å². The maximum Gasteiger partial charge on any atom is 0.144 e. The van der Waals surface area contributed by atoms with Crippen molar-refractivity contribution in [1.29, 1.82) is 0 Å². The molecule has 6 aromatic rings. The second-order valence-electron chi connectivity index (χ2n) is 13.8. The van der Waals surface area contributed by atoms with Crippen LogP contribution in [0.3, 0.4) is 0 Å². The Kier molecular flexibility index (Phi) is 10.7. The summed E-state index contributed by atoms with van der Waals surface area (Å²) in [6.45, 7) is 9.36. The fourth-order valence-corrected chi connectivity index (χ4v) is 6.90. The number of unbranched alkanes of at least 4 members (excludes halogenated alkanes) is 4. The molecule has 0 saturated heterocycles. The fraction of sp³-hybridized carbons (Fsp3) is 0.283. The zero-order valence-corrected chi connectivity index (χ0v) is 29.3. The van der Waals surface area contributed by atoms with Crippen LogP contribution >= 0.6 is 0 Å². The van der Waals surface area contributed by atoms with Crippen molar-refractivity contribution in [3.8, 4) is 50.5 Å². The van der Waals surface area contributed by atoms with Gasteiger partial charge in [0.15, 0.2) is 0 Å². The lowest BCUT2D eigenvalue weighted by Gasteiger charge is -2.28. The predicted octanol–water partition coefficient (Wildman–Crippen LogP) is 13.1. The third-order valence-corrected chi connectivity index (χ3v) is 9.75. The van der Waals surface area contributed by atoms with Gasteiger partial charge in [-0.25, -0.2) is 4.98 Å². The van der Waals surface area contributed by atoms with Crippen LogP contribution in [0.5, 0.6) is 0 Å². The highest BCUT2D eigenvalue weighted by molar-refractivity contribution is 5.82. The summed E-state index contributed by atoms with van der Waals surface area (Å²) in [7, 11) is 0. The predicted molar refractivity (Wildman–Crippen MR) is 206 cm³/mol. The van der Waals surface area contributed by atoms with E-state index in [1.165, 1.54) is 88.9 Å². The van der Waals surface area contributed by atoms with Gasteiger partial charge in [0.25, 0.3) is 0 Å². The first kappa shape index (κ1) is 33.2. The molecule has 0 aliphatic rings. The lowest BCUT2D eigenvalue weighted by molar-refractivity contribution is 0.439. The maximum atomic E-state index is 5.16. The summed E-state index contributed by atoms with van der Waals surface area (Å²) >= 11 is 0. The Morgan fingerprint density at radius 3 is 1.62 bits per heavy atom. The molecule has 0 unspecified atom stereocenters. The van der Waals surface area contributed by atoms with E-state index in [1.807, 2.05) is 0 Å². The normalized spacial score (nSPS) is 11.6. The minimum Gasteiger partial charge on any atom is -0.296 e. The SMILES string of the molecule is CCCCCCc1ccc(-c2cc(-c3ccccc3)cc(-c3ccccc3)c2)cc1-n1c(C(C)(C)CCCC)cnc1-c1ccccc1. The van der Waals surface area contributed by atoms with Crippen LogP contribution < -0.4 is 0 Å². The largest absolute Gasteiger partial charge is 0.296 e. The van der Waals surface area contributed by atoms with E-state index in [-0.39, 0.29) is 5.41 Å². The number of hydrogen-bond acceptors (Lipinski definition) is 1. The van der Waals surface area contributed by atoms with Gasteiger partial charge in [-0.05, 0) is 82.5 Å². The molecular formula is C46H50N2. The van der Waals surface area contributed by atoms with Crippen molar-refractivity contribution in [2.45, 2.75) is 84.5 Å². The van der Waals surface area contributed by atoms with Crippen LogP contribution in [0.15, 0.2) is 134 Å². The van der Waals surface area contributed by atoms with Gasteiger partial charge in [0.2, 0.25) is 0 Å². The first-order valence-electron chi connectivity index (χ1n) is 18.0. The first-order chi connectivity index (χ1) is 23.5. The monoisotopic (exact) mass is 630 g/mol. The van der Waals surface area contributed by atoms with Gasteiger partial charge < -0.3 is 0 Å². The van der Waals surface area contributed by atoms with Crippen molar-refractivity contribution < 1.29 is 0 Å². The summed E-state index contributed by atoms with van der Waals surface area (Å²) in [5.74, 6) is 1.02. The lowest BCUT2D eigenvalue weighted by Crippen LogP contribution is -2.22. The van der Waals surface area contributed by atoms with E-state index in [4.69, 9.17) is 4.98 Å². The Hall–Kier alpha value is -4.69. The Morgan fingerprint density at radius 1 is 0.521 bits per heavy atom. The first-order valence-corrected chi connectivity index (χ1v) is 18.0. The van der Waals surface area contributed by atoms with Crippen LogP contribution in [0.2, 0.25) is 0 Å². The lowest BCUT2D eigenvalue weighted by atomic mass is 9.83. The van der Waals surface area contributed by atoms with Crippen LogP contribution in [-0.4, -0.2) is 9.55 Å². The molecule has 1 aromatic heterocycles. The van der Waals surface area contributed by atoms with E-state index in [1.54, 1.807) is 0 Å². The molecule has 0 saturated carbocycles. The van der Waals surface area contributed by atoms with Crippen LogP contribution in [-0.2, 0) is 11.8 Å². The number of aromatic nitrogens is 2. The minimum atomic E-state index is -0.0285. The molecule has 0 fully saturated rings. The van der Waals surface area contributed by atoms with Gasteiger partial charge in [0.1, 0.15) is 5.82 Å². The Morgan fingerprint density at radius 2 is 1.06 bits per heavy atom. The molecule has 0 N–H and O–H groups in total. The fourth-order valence-electron chi connectivity index (χ4n) is 6.90. The molecule has 5 aromatic carbocycles. The topological polar surface area (TPSA) is 17.8 Å². The molecule has 244 valence electrons. The van der Waals surface area contributed by atoms with Crippen molar-refractivity contribution in [3.05, 3.63) is 145 Å². The second-order valence-corrected chi connectivity index (χ2v) is 13.8. The Bertz CT molecular complexity index is 1840. The molecular weight excluding hydrogens is 581 g/mol. The van der Waals surface area contributed by atoms with E-state index in [0.29, 0.717) is 0 Å². The summed E-state index contributed by atoms with van der Waals surface area (Å²) in [4.78, 5) is 5.16. The quantitative estimate of drug-likeness (QED) is 0.110. The molecule has 2 heteroatoms. The summed E-state index contributed by atoms with van der Waals surface area (Å²) in [6, 6.07) is 46.5. The Balaban J connectivity index is 1.57. The van der Waals surface area contributed by atoms with Crippen LogP contribution in [0.25, 0.3) is 50.5 Å². The van der Waals surface area contributed by atoms with Gasteiger partial charge >= 0.3 is 0 Å². The van der Waals surface area contributed by atoms with E-state index >= 15 is 0 Å². The highest BCUT2D eigenvalue weighted by atomic mass is 15.1. The van der Waals surface area contributed by atoms with Gasteiger partial charge in [0.05, 0.1) is 5.69 Å². The number of hydrogen-bond donors (Lipinski definition) is 0. The van der Waals surface area contributed by atoms with Crippen molar-refractivity contribution >= 4 is 0 Å². The van der Waals surface area contributed by atoms with Gasteiger partial charge in [-0.3, -0.25) is 4.57 Å². The number of benzene rings is 5. The zero-order valence-electron chi connectivity index (χ0n) is 29.3. The zero-order chi connectivity index (χ0) is 33.3. The molecule has 0 radical (unpaired) electrons. The molecule has 48 heavy (non-hydrogen) atoms. The Labute approximate surface area is 288 Å².